The molecule has 0 saturated carbocycles. The predicted octanol–water partition coefficient (Wildman–Crippen LogP) is 8.51. The average Bonchev–Trinajstić information content (AvgIpc) is 2.90. The number of nitrogens with zero attached hydrogens (tertiary/aromatic N) is 1. The van der Waals surface area contributed by atoms with Crippen LogP contribution in [0.2, 0.25) is 0 Å². The summed E-state index contributed by atoms with van der Waals surface area (Å²) in [6, 6.07) is 0.751. The molecule has 4 heterocycles. The summed E-state index contributed by atoms with van der Waals surface area (Å²) >= 11 is 0. The summed E-state index contributed by atoms with van der Waals surface area (Å²) in [5, 5.41) is 10.4. The molecule has 2 atom stereocenters. The van der Waals surface area contributed by atoms with Crippen LogP contribution in [0.25, 0.3) is 0 Å². The van der Waals surface area contributed by atoms with Gasteiger partial charge in [0.2, 0.25) is 0 Å². The van der Waals surface area contributed by atoms with Crippen LogP contribution < -0.4 is 16.0 Å². The molecule has 4 heteroatoms. The van der Waals surface area contributed by atoms with Crippen molar-refractivity contribution in [1.82, 2.24) is 20.9 Å². The number of hydrogen-bond acceptors (Lipinski definition) is 4. The van der Waals surface area contributed by atoms with Gasteiger partial charge in [0.1, 0.15) is 0 Å². The quantitative estimate of drug-likeness (QED) is 0.276. The second-order valence-electron chi connectivity index (χ2n) is 17.4. The molecule has 0 amide bonds. The summed E-state index contributed by atoms with van der Waals surface area (Å²) in [4.78, 5) is 2.58. The molecular formula is C36H76N4. The summed E-state index contributed by atoms with van der Waals surface area (Å²) in [6.45, 7) is 36.7. The minimum atomic E-state index is 0.403. The zero-order valence-corrected chi connectivity index (χ0v) is 29.7. The molecule has 4 saturated heterocycles. The lowest BCUT2D eigenvalue weighted by molar-refractivity contribution is 0.111. The predicted molar refractivity (Wildman–Crippen MR) is 180 cm³/mol. The Hall–Kier alpha value is -0.160. The smallest absolute Gasteiger partial charge is 0.0125 e. The van der Waals surface area contributed by atoms with Crippen molar-refractivity contribution < 1.29 is 0 Å². The van der Waals surface area contributed by atoms with Gasteiger partial charge in [-0.15, -0.1) is 0 Å². The minimum absolute atomic E-state index is 0.403. The van der Waals surface area contributed by atoms with Crippen molar-refractivity contribution in [1.29, 1.82) is 0 Å². The van der Waals surface area contributed by atoms with E-state index in [0.717, 1.165) is 17.9 Å². The van der Waals surface area contributed by atoms with Crippen LogP contribution in [0.3, 0.4) is 0 Å². The lowest BCUT2D eigenvalue weighted by Crippen LogP contribution is -2.44. The summed E-state index contributed by atoms with van der Waals surface area (Å²) in [6.07, 6.45) is 13.9. The lowest BCUT2D eigenvalue weighted by atomic mass is 9.76. The molecular weight excluding hydrogens is 488 g/mol. The summed E-state index contributed by atoms with van der Waals surface area (Å²) in [7, 11) is 0. The van der Waals surface area contributed by atoms with Crippen molar-refractivity contribution in [3.63, 3.8) is 0 Å². The van der Waals surface area contributed by atoms with Crippen molar-refractivity contribution in [2.45, 2.75) is 159 Å². The molecule has 0 bridgehead atoms. The number of nitrogens with one attached hydrogen (secondary N) is 3. The molecule has 3 N–H and O–H groups in total. The first-order valence-electron chi connectivity index (χ1n) is 17.3. The van der Waals surface area contributed by atoms with Gasteiger partial charge in [0.15, 0.2) is 0 Å². The minimum Gasteiger partial charge on any atom is -0.317 e. The van der Waals surface area contributed by atoms with Gasteiger partial charge in [0.25, 0.3) is 0 Å². The molecule has 0 spiro atoms. The molecule has 0 aromatic heterocycles. The van der Waals surface area contributed by atoms with Crippen LogP contribution in [-0.2, 0) is 0 Å². The Labute approximate surface area is 253 Å². The van der Waals surface area contributed by atoms with Crippen molar-refractivity contribution in [2.24, 2.45) is 28.1 Å². The SMILES string of the molecule is CC(C)(C)C1CCCCN1.CC(C)(C)C1CCCNC1.CC(C)(C)C1CCNCC1.CC(C)(C)N1CCCCC1. The zero-order chi connectivity index (χ0) is 30.5. The fourth-order valence-corrected chi connectivity index (χ4v) is 6.43. The Morgan fingerprint density at radius 1 is 0.475 bits per heavy atom. The molecule has 4 aliphatic rings. The monoisotopic (exact) mass is 565 g/mol. The fraction of sp³-hybridized carbons (Fsp3) is 1.00. The van der Waals surface area contributed by atoms with Gasteiger partial charge in [0.05, 0.1) is 0 Å². The van der Waals surface area contributed by atoms with Crippen molar-refractivity contribution in [2.75, 3.05) is 45.8 Å². The van der Waals surface area contributed by atoms with E-state index in [-0.39, 0.29) is 0 Å². The van der Waals surface area contributed by atoms with E-state index in [1.54, 1.807) is 0 Å². The standard InChI is InChI=1S/4C9H19N/c1-9(2,3)8-4-6-10-7-5-8;1-9(2,3)8-5-4-6-10-7-8;1-9(2,3)10-7-5-4-6-8-10;1-9(2,3)8-6-4-5-7-10-8/h2*8,10H,4-7H2,1-3H3;4-8H2,1-3H3;8,10H,4-7H2,1-3H3. The van der Waals surface area contributed by atoms with Crippen molar-refractivity contribution in [3.8, 4) is 0 Å². The van der Waals surface area contributed by atoms with E-state index in [0.29, 0.717) is 21.8 Å². The Kier molecular flexibility index (Phi) is 16.9. The molecule has 4 aliphatic heterocycles. The normalized spacial score (nSPS) is 25.8. The molecule has 4 nitrogen and oxygen atoms in total. The average molecular weight is 565 g/mol. The number of hydrogen-bond donors (Lipinski definition) is 3. The molecule has 0 aromatic rings. The van der Waals surface area contributed by atoms with Crippen LogP contribution in [0.5, 0.6) is 0 Å². The number of likely N-dealkylation sites (tertiary alicyclic amines) is 1. The molecule has 2 unspecified atom stereocenters. The highest BCUT2D eigenvalue weighted by Gasteiger charge is 2.27. The first-order chi connectivity index (χ1) is 18.4. The highest BCUT2D eigenvalue weighted by atomic mass is 15.2. The highest BCUT2D eigenvalue weighted by molar-refractivity contribution is 4.83. The largest absolute Gasteiger partial charge is 0.317 e. The van der Waals surface area contributed by atoms with Gasteiger partial charge in [0, 0.05) is 11.6 Å². The zero-order valence-electron chi connectivity index (χ0n) is 29.7. The van der Waals surface area contributed by atoms with E-state index in [1.165, 1.54) is 110 Å². The van der Waals surface area contributed by atoms with Crippen LogP contribution >= 0.6 is 0 Å². The van der Waals surface area contributed by atoms with Crippen LogP contribution in [0, 0.1) is 28.1 Å². The number of piperidine rings is 4. The molecule has 240 valence electrons. The van der Waals surface area contributed by atoms with Crippen molar-refractivity contribution >= 4 is 0 Å². The van der Waals surface area contributed by atoms with Crippen LogP contribution in [-0.4, -0.2) is 62.3 Å². The van der Waals surface area contributed by atoms with Gasteiger partial charge in [-0.2, -0.15) is 0 Å². The van der Waals surface area contributed by atoms with E-state index in [2.05, 4.69) is 104 Å². The van der Waals surface area contributed by atoms with Crippen LogP contribution in [0.4, 0.5) is 0 Å². The molecule has 4 rings (SSSR count). The van der Waals surface area contributed by atoms with E-state index < -0.39 is 0 Å². The molecule has 40 heavy (non-hydrogen) atoms. The maximum atomic E-state index is 3.56. The second-order valence-corrected chi connectivity index (χ2v) is 17.4. The van der Waals surface area contributed by atoms with Crippen LogP contribution in [0.15, 0.2) is 0 Å². The highest BCUT2D eigenvalue weighted by Crippen LogP contribution is 2.32. The van der Waals surface area contributed by atoms with Gasteiger partial charge in [-0.3, -0.25) is 4.90 Å². The molecule has 4 fully saturated rings. The Bertz CT molecular complexity index is 495. The third-order valence-corrected chi connectivity index (χ3v) is 9.75. The van der Waals surface area contributed by atoms with Gasteiger partial charge >= 0.3 is 0 Å². The summed E-state index contributed by atoms with van der Waals surface area (Å²) < 4.78 is 0. The van der Waals surface area contributed by atoms with E-state index in [4.69, 9.17) is 0 Å². The molecule has 0 radical (unpaired) electrons. The van der Waals surface area contributed by atoms with Gasteiger partial charge < -0.3 is 16.0 Å². The molecule has 0 aliphatic carbocycles. The fourth-order valence-electron chi connectivity index (χ4n) is 6.43. The first kappa shape index (κ1) is 37.9. The lowest BCUT2D eigenvalue weighted by Gasteiger charge is -2.38. The Morgan fingerprint density at radius 3 is 1.35 bits per heavy atom. The third kappa shape index (κ3) is 16.5. The maximum absolute atomic E-state index is 3.56. The number of rotatable bonds is 0. The van der Waals surface area contributed by atoms with E-state index in [9.17, 15) is 0 Å². The van der Waals surface area contributed by atoms with E-state index >= 15 is 0 Å². The second kappa shape index (κ2) is 17.8. The van der Waals surface area contributed by atoms with Gasteiger partial charge in [-0.25, -0.2) is 0 Å². The topological polar surface area (TPSA) is 39.3 Å². The Balaban J connectivity index is 0.000000267. The maximum Gasteiger partial charge on any atom is 0.0125 e. The third-order valence-electron chi connectivity index (χ3n) is 9.75. The first-order valence-corrected chi connectivity index (χ1v) is 17.3. The van der Waals surface area contributed by atoms with Crippen LogP contribution in [0.1, 0.15) is 147 Å². The van der Waals surface area contributed by atoms with Gasteiger partial charge in [-0.1, -0.05) is 75.2 Å². The van der Waals surface area contributed by atoms with Gasteiger partial charge in [-0.05, 0) is 146 Å². The van der Waals surface area contributed by atoms with Crippen molar-refractivity contribution in [3.05, 3.63) is 0 Å². The molecule has 0 aromatic carbocycles. The Morgan fingerprint density at radius 2 is 1.05 bits per heavy atom. The summed E-state index contributed by atoms with van der Waals surface area (Å²) in [5.74, 6) is 1.83. The van der Waals surface area contributed by atoms with E-state index in [1.807, 2.05) is 0 Å². The summed E-state index contributed by atoms with van der Waals surface area (Å²) in [5.41, 5.74) is 1.90.